The minimum absolute atomic E-state index is 0. The van der Waals surface area contributed by atoms with Crippen molar-refractivity contribution in [2.45, 2.75) is 71.3 Å². The number of hydrogen-bond donors (Lipinski definition) is 0. The number of carbonyl (C=O) groups excluding carboxylic acids is 2. The summed E-state index contributed by atoms with van der Waals surface area (Å²) in [6.45, 7) is 2.46. The van der Waals surface area contributed by atoms with E-state index in [1.54, 1.807) is 6.92 Å². The van der Waals surface area contributed by atoms with Crippen molar-refractivity contribution in [2.24, 2.45) is 0 Å². The first kappa shape index (κ1) is 36.3. The Hall–Kier alpha value is -0.270. The summed E-state index contributed by atoms with van der Waals surface area (Å²) in [7, 11) is -5.27. The van der Waals surface area contributed by atoms with Gasteiger partial charge in [-0.15, -0.1) is 0 Å². The number of phosphoric acid groups is 1. The summed E-state index contributed by atoms with van der Waals surface area (Å²) in [6.07, 6.45) is 5.99. The van der Waals surface area contributed by atoms with E-state index in [4.69, 9.17) is 9.47 Å². The van der Waals surface area contributed by atoms with Crippen LogP contribution in [-0.2, 0) is 28.2 Å². The molecule has 166 valence electrons. The van der Waals surface area contributed by atoms with Gasteiger partial charge < -0.3 is 28.3 Å². The zero-order valence-corrected chi connectivity index (χ0v) is 24.3. The maximum Gasteiger partial charge on any atom is 1.00 e. The van der Waals surface area contributed by atoms with Gasteiger partial charge in [0.25, 0.3) is 0 Å². The number of ether oxygens (including phenoxy) is 2. The molecule has 0 aromatic carbocycles. The van der Waals surface area contributed by atoms with Gasteiger partial charge in [-0.3, -0.25) is 4.79 Å². The fourth-order valence-corrected chi connectivity index (χ4v) is 2.52. The van der Waals surface area contributed by atoms with Crippen LogP contribution >= 0.6 is 7.82 Å². The number of unbranched alkanes of at least 4 members (excludes halogenated alkanes) is 6. The van der Waals surface area contributed by atoms with Crippen molar-refractivity contribution < 1.29 is 97.1 Å². The number of phosphoric ester groups is 1. The summed E-state index contributed by atoms with van der Waals surface area (Å²) < 4.78 is 24.6. The summed E-state index contributed by atoms with van der Waals surface area (Å²) >= 11 is 0. The van der Waals surface area contributed by atoms with E-state index in [1.807, 2.05) is 0 Å². The third-order valence-electron chi connectivity index (χ3n) is 3.58. The van der Waals surface area contributed by atoms with Crippen LogP contribution in [0.4, 0.5) is 0 Å². The Morgan fingerprint density at radius 2 is 1.50 bits per heavy atom. The Morgan fingerprint density at radius 3 is 2.09 bits per heavy atom. The second-order valence-electron chi connectivity index (χ2n) is 6.20. The van der Waals surface area contributed by atoms with E-state index >= 15 is 0 Å². The smallest absolute Gasteiger partial charge is 0.790 e. The van der Waals surface area contributed by atoms with Crippen LogP contribution in [0, 0.1) is 35.5 Å². The van der Waals surface area contributed by atoms with E-state index in [0.717, 1.165) is 32.1 Å². The first-order valence-electron chi connectivity index (χ1n) is 9.74. The van der Waals surface area contributed by atoms with Gasteiger partial charge >= 0.3 is 71.1 Å². The average Bonchev–Trinajstić information content (AvgIpc) is 2.68. The average molecular weight is 484 g/mol. The second-order valence-corrected chi connectivity index (χ2v) is 7.35. The maximum atomic E-state index is 11.9. The van der Waals surface area contributed by atoms with E-state index in [0.29, 0.717) is 6.42 Å². The van der Waals surface area contributed by atoms with E-state index in [2.05, 4.69) is 47.0 Å². The van der Waals surface area contributed by atoms with Gasteiger partial charge in [-0.05, 0) is 37.0 Å². The van der Waals surface area contributed by atoms with E-state index < -0.39 is 39.1 Å². The summed E-state index contributed by atoms with van der Waals surface area (Å²) in [6, 6.07) is 0. The minimum atomic E-state index is -5.27. The normalized spacial score (nSPS) is 10.2. The topological polar surface area (TPSA) is 125 Å². The van der Waals surface area contributed by atoms with Gasteiger partial charge in [-0.2, -0.15) is 0 Å². The molecule has 0 saturated carbocycles. The molecule has 0 aromatic rings. The Kier molecular flexibility index (Phi) is 27.1. The minimum Gasteiger partial charge on any atom is -0.790 e. The van der Waals surface area contributed by atoms with Crippen molar-refractivity contribution in [3.63, 3.8) is 0 Å². The van der Waals surface area contributed by atoms with Crippen molar-refractivity contribution in [1.29, 1.82) is 0 Å². The number of carbonyl (C=O) groups is 2. The fourth-order valence-electron chi connectivity index (χ4n) is 2.17. The first-order chi connectivity index (χ1) is 14.3. The predicted molar refractivity (Wildman–Crippen MR) is 106 cm³/mol. The number of esters is 2. The zero-order chi connectivity index (χ0) is 22.7. The predicted octanol–water partition coefficient (Wildman–Crippen LogP) is -4.53. The van der Waals surface area contributed by atoms with Crippen LogP contribution in [-0.4, -0.2) is 31.3 Å². The Labute approximate surface area is 235 Å². The molecule has 0 unspecified atom stereocenters. The zero-order valence-electron chi connectivity index (χ0n) is 19.4. The molecule has 11 heteroatoms. The number of rotatable bonds is 14. The molecule has 0 N–H and O–H groups in total. The van der Waals surface area contributed by atoms with Crippen LogP contribution in [0.3, 0.4) is 0 Å². The standard InChI is InChI=1S/C21H29O8P.2Na/c1-3-5-7-9-10-12-14-16-21(23)29-19(18-28-30(24,25)26)17-27-20(22)15-13-11-8-6-4-2;;/h19H,3,5,7,9-10,12,14,16-18H2,1-2H3,(H2,24,25,26);;/q;2*+1/p-2/t19-;;/m0../s1. The van der Waals surface area contributed by atoms with Gasteiger partial charge in [-0.1, -0.05) is 51.4 Å². The molecule has 0 rings (SSSR count). The van der Waals surface area contributed by atoms with Gasteiger partial charge in [0.1, 0.15) is 6.61 Å². The molecule has 0 aliphatic rings. The maximum absolute atomic E-state index is 11.9. The molecule has 0 aliphatic heterocycles. The molecular weight excluding hydrogens is 457 g/mol. The summed E-state index contributed by atoms with van der Waals surface area (Å²) in [4.78, 5) is 44.8. The van der Waals surface area contributed by atoms with E-state index in [-0.39, 0.29) is 65.5 Å². The molecule has 0 amide bonds. The molecule has 8 nitrogen and oxygen atoms in total. The monoisotopic (exact) mass is 484 g/mol. The van der Waals surface area contributed by atoms with Crippen LogP contribution in [0.25, 0.3) is 0 Å². The van der Waals surface area contributed by atoms with Gasteiger partial charge in [0.15, 0.2) is 6.10 Å². The molecule has 0 bridgehead atoms. The molecular formula is C21H27Na2O8P. The Morgan fingerprint density at radius 1 is 0.906 bits per heavy atom. The third-order valence-corrected chi connectivity index (χ3v) is 4.04. The number of hydrogen-bond acceptors (Lipinski definition) is 8. The molecule has 0 aromatic heterocycles. The molecule has 0 spiro atoms. The van der Waals surface area contributed by atoms with Gasteiger partial charge in [0, 0.05) is 12.3 Å². The van der Waals surface area contributed by atoms with Crippen LogP contribution in [0.5, 0.6) is 0 Å². The van der Waals surface area contributed by atoms with Crippen LogP contribution in [0.1, 0.15) is 65.2 Å². The quantitative estimate of drug-likeness (QED) is 0.0603. The van der Waals surface area contributed by atoms with Crippen molar-refractivity contribution in [1.82, 2.24) is 0 Å². The summed E-state index contributed by atoms with van der Waals surface area (Å²) in [5.74, 6) is 12.4. The second kappa shape index (κ2) is 23.9. The van der Waals surface area contributed by atoms with Crippen LogP contribution in [0.2, 0.25) is 0 Å². The molecule has 1 atom stereocenters. The molecule has 0 radical (unpaired) electrons. The van der Waals surface area contributed by atoms with Gasteiger partial charge in [0.05, 0.1) is 14.4 Å². The van der Waals surface area contributed by atoms with Gasteiger partial charge in [-0.25, -0.2) is 4.79 Å². The third kappa shape index (κ3) is 26.0. The first-order valence-corrected chi connectivity index (χ1v) is 11.2. The van der Waals surface area contributed by atoms with Crippen LogP contribution < -0.4 is 68.9 Å². The van der Waals surface area contributed by atoms with Crippen molar-refractivity contribution in [3.05, 3.63) is 0 Å². The molecule has 0 heterocycles. The Balaban J connectivity index is -0.00000420. The van der Waals surface area contributed by atoms with Gasteiger partial charge in [0.2, 0.25) is 0 Å². The van der Waals surface area contributed by atoms with E-state index in [9.17, 15) is 23.9 Å². The molecule has 0 fully saturated rings. The van der Waals surface area contributed by atoms with E-state index in [1.165, 1.54) is 6.42 Å². The molecule has 32 heavy (non-hydrogen) atoms. The molecule has 0 aliphatic carbocycles. The summed E-state index contributed by atoms with van der Waals surface area (Å²) in [5, 5.41) is 0. The molecule has 0 saturated heterocycles. The van der Waals surface area contributed by atoms with Crippen molar-refractivity contribution >= 4 is 19.8 Å². The van der Waals surface area contributed by atoms with Crippen molar-refractivity contribution in [2.75, 3.05) is 13.2 Å². The summed E-state index contributed by atoms with van der Waals surface area (Å²) in [5.41, 5.74) is 0. The largest absolute Gasteiger partial charge is 1.00 e. The van der Waals surface area contributed by atoms with Crippen LogP contribution in [0.15, 0.2) is 0 Å². The van der Waals surface area contributed by atoms with Crippen molar-refractivity contribution in [3.8, 4) is 35.5 Å². The SMILES string of the molecule is CC#CC#CC#CC(=O)OC[C@@H](COP(=O)([O-])[O-])OC(=O)CCCCCCCCC.[Na+].[Na+]. The Bertz CT molecular complexity index is 762. The fraction of sp³-hybridized carbons (Fsp3) is 0.619.